The van der Waals surface area contributed by atoms with Crippen LogP contribution >= 0.6 is 0 Å². The van der Waals surface area contributed by atoms with Crippen LogP contribution in [0.15, 0.2) is 48.7 Å². The Morgan fingerprint density at radius 1 is 1.07 bits per heavy atom. The molecule has 210 valence electrons. The first-order valence-corrected chi connectivity index (χ1v) is 13.8. The number of nitrogens with one attached hydrogen (secondary N) is 4. The molecule has 40 heavy (non-hydrogen) atoms. The highest BCUT2D eigenvalue weighted by Crippen LogP contribution is 2.29. The minimum absolute atomic E-state index is 0.195. The van der Waals surface area contributed by atoms with Gasteiger partial charge in [0.15, 0.2) is 5.82 Å². The number of hydrogen-bond donors (Lipinski definition) is 4. The lowest BCUT2D eigenvalue weighted by molar-refractivity contribution is 0.0953. The zero-order chi connectivity index (χ0) is 27.7. The van der Waals surface area contributed by atoms with E-state index in [-0.39, 0.29) is 5.91 Å². The van der Waals surface area contributed by atoms with Gasteiger partial charge in [-0.2, -0.15) is 5.10 Å². The molecule has 2 aromatic carbocycles. The minimum atomic E-state index is -0.427. The number of alkyl carbamates (subject to hydrolysis) is 1. The van der Waals surface area contributed by atoms with Gasteiger partial charge in [-0.3, -0.25) is 9.89 Å². The molecule has 2 aromatic heterocycles. The van der Waals surface area contributed by atoms with Gasteiger partial charge < -0.3 is 30.0 Å². The average molecular weight is 546 g/mol. The summed E-state index contributed by atoms with van der Waals surface area (Å²) in [7, 11) is 0. The van der Waals surface area contributed by atoms with Crippen LogP contribution in [-0.4, -0.2) is 78.2 Å². The highest BCUT2D eigenvalue weighted by Gasteiger charge is 2.16. The molecule has 1 fully saturated rings. The maximum Gasteiger partial charge on any atom is 0.407 e. The Balaban J connectivity index is 1.21. The van der Waals surface area contributed by atoms with E-state index in [1.165, 1.54) is 0 Å². The number of hydrogen-bond acceptors (Lipinski definition) is 7. The van der Waals surface area contributed by atoms with Gasteiger partial charge in [0.25, 0.3) is 5.91 Å². The van der Waals surface area contributed by atoms with Crippen LogP contribution in [-0.2, 0) is 9.47 Å². The molecule has 0 bridgehead atoms. The van der Waals surface area contributed by atoms with Gasteiger partial charge in [-0.15, -0.1) is 0 Å². The normalized spacial score (nSPS) is 13.4. The number of benzene rings is 2. The molecule has 5 rings (SSSR count). The molecule has 11 heteroatoms. The molecule has 11 nitrogen and oxygen atoms in total. The molecule has 0 atom stereocenters. The molecule has 0 radical (unpaired) electrons. The number of H-pyrrole nitrogens is 2. The molecular formula is C29H35N7O4. The molecule has 0 saturated carbocycles. The van der Waals surface area contributed by atoms with E-state index in [4.69, 9.17) is 9.47 Å². The number of amides is 2. The fraction of sp³-hybridized carbons (Fsp3) is 0.379. The van der Waals surface area contributed by atoms with E-state index in [1.807, 2.05) is 25.1 Å². The largest absolute Gasteiger partial charge is 0.450 e. The van der Waals surface area contributed by atoms with E-state index in [1.54, 1.807) is 12.3 Å². The van der Waals surface area contributed by atoms with Gasteiger partial charge >= 0.3 is 6.09 Å². The average Bonchev–Trinajstić information content (AvgIpc) is 3.65. The van der Waals surface area contributed by atoms with Crippen LogP contribution in [0.25, 0.3) is 33.7 Å². The number of ether oxygens (including phenoxy) is 2. The van der Waals surface area contributed by atoms with Gasteiger partial charge in [-0.25, -0.2) is 9.78 Å². The first-order valence-electron chi connectivity index (χ1n) is 13.8. The van der Waals surface area contributed by atoms with Crippen LogP contribution in [0.2, 0.25) is 0 Å². The Morgan fingerprint density at radius 3 is 2.77 bits per heavy atom. The Bertz CT molecular complexity index is 1440. The predicted octanol–water partition coefficient (Wildman–Crippen LogP) is 4.10. The third-order valence-corrected chi connectivity index (χ3v) is 6.80. The fourth-order valence-corrected chi connectivity index (χ4v) is 4.56. The molecule has 2 amide bonds. The summed E-state index contributed by atoms with van der Waals surface area (Å²) in [5.41, 5.74) is 5.05. The summed E-state index contributed by atoms with van der Waals surface area (Å²) in [4.78, 5) is 34.7. The Morgan fingerprint density at radius 2 is 1.93 bits per heavy atom. The van der Waals surface area contributed by atoms with E-state index in [2.05, 4.69) is 53.9 Å². The zero-order valence-electron chi connectivity index (χ0n) is 22.7. The molecule has 1 aliphatic heterocycles. The molecule has 1 aliphatic rings. The summed E-state index contributed by atoms with van der Waals surface area (Å²) >= 11 is 0. The number of imidazole rings is 1. The van der Waals surface area contributed by atoms with Crippen molar-refractivity contribution in [3.8, 4) is 22.8 Å². The van der Waals surface area contributed by atoms with Crippen LogP contribution in [0, 0.1) is 0 Å². The van der Waals surface area contributed by atoms with Crippen molar-refractivity contribution in [3.63, 3.8) is 0 Å². The van der Waals surface area contributed by atoms with Crippen LogP contribution in [0.4, 0.5) is 10.5 Å². The summed E-state index contributed by atoms with van der Waals surface area (Å²) in [5, 5.41) is 13.9. The number of anilines is 1. The van der Waals surface area contributed by atoms with Crippen molar-refractivity contribution < 1.29 is 19.1 Å². The topological polar surface area (TPSA) is 137 Å². The third kappa shape index (κ3) is 6.60. The zero-order valence-corrected chi connectivity index (χ0v) is 22.7. The third-order valence-electron chi connectivity index (χ3n) is 6.80. The molecule has 1 saturated heterocycles. The van der Waals surface area contributed by atoms with Gasteiger partial charge in [-0.1, -0.05) is 25.5 Å². The van der Waals surface area contributed by atoms with Crippen LogP contribution in [0.5, 0.6) is 0 Å². The lowest BCUT2D eigenvalue weighted by Crippen LogP contribution is -2.36. The number of aromatic amines is 2. The summed E-state index contributed by atoms with van der Waals surface area (Å²) in [6.45, 7) is 6.51. The van der Waals surface area contributed by atoms with E-state index in [0.717, 1.165) is 67.0 Å². The van der Waals surface area contributed by atoms with Gasteiger partial charge in [0.1, 0.15) is 5.69 Å². The number of aromatic nitrogens is 4. The molecular weight excluding hydrogens is 510 g/mol. The van der Waals surface area contributed by atoms with Crippen molar-refractivity contribution >= 4 is 28.6 Å². The van der Waals surface area contributed by atoms with Gasteiger partial charge in [0, 0.05) is 48.4 Å². The van der Waals surface area contributed by atoms with Gasteiger partial charge in [0.2, 0.25) is 0 Å². The number of morpholine rings is 1. The molecule has 0 aliphatic carbocycles. The molecule has 0 unspecified atom stereocenters. The van der Waals surface area contributed by atoms with Crippen molar-refractivity contribution in [2.75, 3.05) is 50.9 Å². The predicted molar refractivity (Wildman–Crippen MR) is 153 cm³/mol. The summed E-state index contributed by atoms with van der Waals surface area (Å²) < 4.78 is 10.5. The summed E-state index contributed by atoms with van der Waals surface area (Å²) in [5.74, 6) is 0.423. The molecule has 4 N–H and O–H groups in total. The van der Waals surface area contributed by atoms with Crippen LogP contribution in [0.1, 0.15) is 36.5 Å². The Labute approximate surface area is 232 Å². The number of rotatable bonds is 11. The number of nitrogens with zero attached hydrogens (tertiary/aromatic N) is 3. The molecule has 0 spiro atoms. The number of unbranched alkanes of at least 4 members (excludes halogenated alkanes) is 1. The standard InChI is InChI=1S/C29H35N7O4/c1-2-3-14-40-29(38)31-11-5-10-30-28(37)21-8-9-24-23(18-21)26(35-34-24)27-32-19-25(33-27)20-6-4-7-22(17-20)36-12-15-39-16-13-36/h4,6-9,17-19H,2-3,5,10-16H2,1H3,(H,30,37)(H,31,38)(H,32,33)(H,34,35). The van der Waals surface area contributed by atoms with Crippen molar-refractivity contribution in [1.29, 1.82) is 0 Å². The van der Waals surface area contributed by atoms with Crippen molar-refractivity contribution in [3.05, 3.63) is 54.2 Å². The van der Waals surface area contributed by atoms with E-state index < -0.39 is 6.09 Å². The number of carbonyl (C=O) groups is 2. The van der Waals surface area contributed by atoms with E-state index in [0.29, 0.717) is 43.2 Å². The van der Waals surface area contributed by atoms with Crippen molar-refractivity contribution in [1.82, 2.24) is 30.8 Å². The van der Waals surface area contributed by atoms with Crippen LogP contribution in [0.3, 0.4) is 0 Å². The quantitative estimate of drug-likeness (QED) is 0.208. The first-order chi connectivity index (χ1) is 19.6. The SMILES string of the molecule is CCCCOC(=O)NCCCNC(=O)c1ccc2[nH]nc(-c3ncc(-c4cccc(N5CCOCC5)c4)[nH]3)c2c1. The lowest BCUT2D eigenvalue weighted by Gasteiger charge is -2.29. The lowest BCUT2D eigenvalue weighted by atomic mass is 10.1. The highest BCUT2D eigenvalue weighted by atomic mass is 16.5. The first kappa shape index (κ1) is 27.2. The van der Waals surface area contributed by atoms with Crippen LogP contribution < -0.4 is 15.5 Å². The number of carbonyl (C=O) groups excluding carboxylic acids is 2. The van der Waals surface area contributed by atoms with Gasteiger partial charge in [0.05, 0.1) is 37.2 Å². The van der Waals surface area contributed by atoms with E-state index >= 15 is 0 Å². The highest BCUT2D eigenvalue weighted by molar-refractivity contribution is 6.01. The minimum Gasteiger partial charge on any atom is -0.450 e. The van der Waals surface area contributed by atoms with Gasteiger partial charge in [-0.05, 0) is 43.2 Å². The maximum atomic E-state index is 12.8. The maximum absolute atomic E-state index is 12.8. The number of fused-ring (bicyclic) bond motifs is 1. The second kappa shape index (κ2) is 13.1. The summed E-state index contributed by atoms with van der Waals surface area (Å²) in [6.07, 6.45) is 3.78. The van der Waals surface area contributed by atoms with Crippen molar-refractivity contribution in [2.24, 2.45) is 0 Å². The molecule has 3 heterocycles. The Hall–Kier alpha value is -4.38. The Kier molecular flexibility index (Phi) is 8.92. The second-order valence-electron chi connectivity index (χ2n) is 9.65. The smallest absolute Gasteiger partial charge is 0.407 e. The monoisotopic (exact) mass is 545 g/mol. The molecule has 4 aromatic rings. The second-order valence-corrected chi connectivity index (χ2v) is 9.65. The van der Waals surface area contributed by atoms with E-state index in [9.17, 15) is 9.59 Å². The van der Waals surface area contributed by atoms with Crippen molar-refractivity contribution in [2.45, 2.75) is 26.2 Å². The summed E-state index contributed by atoms with van der Waals surface area (Å²) in [6, 6.07) is 13.8. The fourth-order valence-electron chi connectivity index (χ4n) is 4.56.